The summed E-state index contributed by atoms with van der Waals surface area (Å²) in [5.41, 5.74) is 2.49. The number of ether oxygens (including phenoxy) is 3. The summed E-state index contributed by atoms with van der Waals surface area (Å²) >= 11 is 0. The van der Waals surface area contributed by atoms with Crippen molar-refractivity contribution in [2.45, 2.75) is 56.9 Å². The number of aromatic nitrogens is 2. The fourth-order valence-electron chi connectivity index (χ4n) is 6.56. The number of likely N-dealkylation sites (tertiary alicyclic amines) is 1. The number of carbonyl (C=O) groups is 1. The van der Waals surface area contributed by atoms with Gasteiger partial charge in [0.2, 0.25) is 0 Å². The normalized spacial score (nSPS) is 22.0. The number of aromatic carboxylic acids is 1. The van der Waals surface area contributed by atoms with Crippen LogP contribution >= 0.6 is 0 Å². The van der Waals surface area contributed by atoms with Gasteiger partial charge in [0.25, 0.3) is 0 Å². The molecular weight excluding hydrogens is 563 g/mol. The van der Waals surface area contributed by atoms with Crippen LogP contribution in [0, 0.1) is 17.1 Å². The number of hydrogen-bond donors (Lipinski definition) is 1. The van der Waals surface area contributed by atoms with Crippen molar-refractivity contribution in [3.63, 3.8) is 0 Å². The average Bonchev–Trinajstić information content (AvgIpc) is 3.34. The molecule has 1 N–H and O–H groups in total. The molecule has 0 bridgehead atoms. The number of carboxylic acid groups (broad SMARTS) is 1. The number of hydrogen-bond acceptors (Lipinski definition) is 7. The van der Waals surface area contributed by atoms with Crippen molar-refractivity contribution < 1.29 is 28.5 Å². The first kappa shape index (κ1) is 28.3. The van der Waals surface area contributed by atoms with E-state index in [-0.39, 0.29) is 29.8 Å². The summed E-state index contributed by atoms with van der Waals surface area (Å²) in [6, 6.07) is 17.4. The Morgan fingerprint density at radius 3 is 2.68 bits per heavy atom. The molecule has 2 saturated heterocycles. The second-order valence-electron chi connectivity index (χ2n) is 12.1. The van der Waals surface area contributed by atoms with Crippen molar-refractivity contribution in [1.82, 2.24) is 14.5 Å². The molecule has 9 nitrogen and oxygen atoms in total. The number of benzene rings is 3. The molecule has 0 amide bonds. The van der Waals surface area contributed by atoms with Crippen LogP contribution in [-0.4, -0.2) is 57.9 Å². The molecule has 0 aliphatic carbocycles. The summed E-state index contributed by atoms with van der Waals surface area (Å²) < 4.78 is 35.6. The Labute approximate surface area is 254 Å². The maximum atomic E-state index is 15.0. The van der Waals surface area contributed by atoms with Gasteiger partial charge >= 0.3 is 5.97 Å². The molecule has 1 unspecified atom stereocenters. The van der Waals surface area contributed by atoms with Crippen LogP contribution < -0.4 is 9.47 Å². The van der Waals surface area contributed by atoms with Gasteiger partial charge in [0, 0.05) is 17.7 Å². The standard InChI is InChI=1S/C34H33FN4O5/c1-34(26-7-5-21(17-36)15-27(26)35)20-43-30-4-2-3-25(32(30)44-34)22-9-12-38(13-10-22)19-31-37-28-8-6-23(33(40)41)16-29(28)39(31)18-24-11-14-42-24/h2-8,15-16,22,24H,9-14,18-20H2,1H3,(H,40,41)/t24-,34?/m0/s1. The molecule has 0 saturated carbocycles. The van der Waals surface area contributed by atoms with Crippen LogP contribution in [0.3, 0.4) is 0 Å². The molecular formula is C34H33FN4O5. The van der Waals surface area contributed by atoms with E-state index in [1.807, 2.05) is 25.1 Å². The van der Waals surface area contributed by atoms with Crippen molar-refractivity contribution in [2.75, 3.05) is 26.3 Å². The fraction of sp³-hybridized carbons (Fsp3) is 0.382. The SMILES string of the molecule is CC1(c2ccc(C#N)cc2F)COc2cccc(C3CCN(Cc4nc5ccc(C(=O)O)cc5n4C[C@@H]4CCO4)CC3)c2O1. The second kappa shape index (κ2) is 11.2. The summed E-state index contributed by atoms with van der Waals surface area (Å²) in [6.07, 6.45) is 2.89. The third kappa shape index (κ3) is 5.16. The highest BCUT2D eigenvalue weighted by Crippen LogP contribution is 2.46. The molecule has 7 rings (SSSR count). The summed E-state index contributed by atoms with van der Waals surface area (Å²) in [5, 5.41) is 18.7. The van der Waals surface area contributed by atoms with Gasteiger partial charge in [-0.3, -0.25) is 4.90 Å². The van der Waals surface area contributed by atoms with Crippen LogP contribution in [0.5, 0.6) is 11.5 Å². The Kier molecular flexibility index (Phi) is 7.23. The molecule has 1 aromatic heterocycles. The maximum absolute atomic E-state index is 15.0. The van der Waals surface area contributed by atoms with Gasteiger partial charge in [0.15, 0.2) is 17.1 Å². The highest BCUT2D eigenvalue weighted by molar-refractivity contribution is 5.92. The highest BCUT2D eigenvalue weighted by Gasteiger charge is 2.39. The first-order valence-electron chi connectivity index (χ1n) is 15.0. The number of piperidine rings is 1. The van der Waals surface area contributed by atoms with Gasteiger partial charge in [-0.25, -0.2) is 14.2 Å². The molecule has 4 aromatic rings. The third-order valence-corrected chi connectivity index (χ3v) is 9.15. The van der Waals surface area contributed by atoms with E-state index in [0.29, 0.717) is 30.2 Å². The maximum Gasteiger partial charge on any atom is 0.335 e. The third-order valence-electron chi connectivity index (χ3n) is 9.15. The molecule has 44 heavy (non-hydrogen) atoms. The number of carboxylic acids is 1. The molecule has 0 spiro atoms. The van der Waals surface area contributed by atoms with Gasteiger partial charge in [-0.15, -0.1) is 0 Å². The Bertz CT molecular complexity index is 1790. The zero-order valence-corrected chi connectivity index (χ0v) is 24.5. The molecule has 4 heterocycles. The smallest absolute Gasteiger partial charge is 0.335 e. The number of imidazole rings is 1. The number of nitriles is 1. The monoisotopic (exact) mass is 596 g/mol. The summed E-state index contributed by atoms with van der Waals surface area (Å²) in [7, 11) is 0. The number of halogens is 1. The van der Waals surface area contributed by atoms with E-state index in [2.05, 4.69) is 15.5 Å². The Balaban J connectivity index is 1.09. The molecule has 0 radical (unpaired) electrons. The summed E-state index contributed by atoms with van der Waals surface area (Å²) in [6.45, 7) is 5.72. The number of rotatable bonds is 7. The van der Waals surface area contributed by atoms with Crippen molar-refractivity contribution in [2.24, 2.45) is 0 Å². The fourth-order valence-corrected chi connectivity index (χ4v) is 6.56. The Morgan fingerprint density at radius 1 is 1.16 bits per heavy atom. The first-order valence-corrected chi connectivity index (χ1v) is 15.0. The van der Waals surface area contributed by atoms with Crippen molar-refractivity contribution >= 4 is 17.0 Å². The van der Waals surface area contributed by atoms with Crippen LogP contribution in [0.15, 0.2) is 54.6 Å². The predicted molar refractivity (Wildman–Crippen MR) is 159 cm³/mol. The van der Waals surface area contributed by atoms with Gasteiger partial charge in [-0.2, -0.15) is 5.26 Å². The lowest BCUT2D eigenvalue weighted by atomic mass is 9.87. The molecule has 10 heteroatoms. The molecule has 226 valence electrons. The van der Waals surface area contributed by atoms with E-state index >= 15 is 4.39 Å². The predicted octanol–water partition coefficient (Wildman–Crippen LogP) is 5.60. The van der Waals surface area contributed by atoms with Crippen LogP contribution in [0.2, 0.25) is 0 Å². The average molecular weight is 597 g/mol. The summed E-state index contributed by atoms with van der Waals surface area (Å²) in [4.78, 5) is 18.9. The minimum absolute atomic E-state index is 0.111. The first-order chi connectivity index (χ1) is 21.3. The van der Waals surface area contributed by atoms with Crippen molar-refractivity contribution in [3.8, 4) is 17.6 Å². The Hall–Kier alpha value is -4.46. The van der Waals surface area contributed by atoms with Crippen molar-refractivity contribution in [1.29, 1.82) is 5.26 Å². The van der Waals surface area contributed by atoms with E-state index in [1.54, 1.807) is 30.3 Å². The largest absolute Gasteiger partial charge is 0.485 e. The zero-order chi connectivity index (χ0) is 30.4. The van der Waals surface area contributed by atoms with E-state index in [1.165, 1.54) is 6.07 Å². The number of nitrogens with zero attached hydrogens (tertiary/aromatic N) is 4. The molecule has 3 aliphatic rings. The molecule has 3 aliphatic heterocycles. The lowest BCUT2D eigenvalue weighted by Crippen LogP contribution is -2.41. The number of fused-ring (bicyclic) bond motifs is 2. The van der Waals surface area contributed by atoms with Crippen molar-refractivity contribution in [3.05, 3.63) is 88.5 Å². The molecule has 3 aromatic carbocycles. The van der Waals surface area contributed by atoms with Gasteiger partial charge in [-0.1, -0.05) is 18.2 Å². The minimum atomic E-state index is -1.04. The summed E-state index contributed by atoms with van der Waals surface area (Å²) in [5.74, 6) is 1.01. The minimum Gasteiger partial charge on any atom is -0.485 e. The van der Waals surface area contributed by atoms with Gasteiger partial charge < -0.3 is 23.9 Å². The molecule has 2 fully saturated rings. The molecule has 2 atom stereocenters. The van der Waals surface area contributed by atoms with E-state index < -0.39 is 17.4 Å². The number of para-hydroxylation sites is 1. The van der Waals surface area contributed by atoms with Gasteiger partial charge in [0.05, 0.1) is 47.4 Å². The lowest BCUT2D eigenvalue weighted by molar-refractivity contribution is -0.0592. The van der Waals surface area contributed by atoms with Crippen LogP contribution in [0.4, 0.5) is 4.39 Å². The van der Waals surface area contributed by atoms with Crippen LogP contribution in [0.1, 0.15) is 65.0 Å². The second-order valence-corrected chi connectivity index (χ2v) is 12.1. The van der Waals surface area contributed by atoms with Gasteiger partial charge in [0.1, 0.15) is 18.2 Å². The highest BCUT2D eigenvalue weighted by atomic mass is 19.1. The van der Waals surface area contributed by atoms with E-state index in [9.17, 15) is 9.90 Å². The Morgan fingerprint density at radius 2 is 1.98 bits per heavy atom. The van der Waals surface area contributed by atoms with E-state index in [0.717, 1.165) is 61.4 Å². The zero-order valence-electron chi connectivity index (χ0n) is 24.5. The quantitative estimate of drug-likeness (QED) is 0.294. The van der Waals surface area contributed by atoms with Gasteiger partial charge in [-0.05, 0) is 81.6 Å². The van der Waals surface area contributed by atoms with E-state index in [4.69, 9.17) is 24.5 Å². The van der Waals surface area contributed by atoms with Crippen LogP contribution in [0.25, 0.3) is 11.0 Å². The van der Waals surface area contributed by atoms with Crippen LogP contribution in [-0.2, 0) is 23.4 Å². The topological polar surface area (TPSA) is 110 Å². The lowest BCUT2D eigenvalue weighted by Gasteiger charge is -2.39.